The number of ether oxygens (including phenoxy) is 2. The van der Waals surface area contributed by atoms with Crippen LogP contribution < -0.4 is 0 Å². The van der Waals surface area contributed by atoms with Crippen LogP contribution in [0.3, 0.4) is 0 Å². The summed E-state index contributed by atoms with van der Waals surface area (Å²) in [5.41, 5.74) is 0. The van der Waals surface area contributed by atoms with Gasteiger partial charge in [0.05, 0.1) is 37.9 Å². The van der Waals surface area contributed by atoms with Gasteiger partial charge in [-0.2, -0.15) is 0 Å². The fraction of sp³-hybridized carbons (Fsp3) is 0.857. The Kier molecular flexibility index (Phi) is 47.2. The number of methoxy groups -OCH3 is 2. The van der Waals surface area contributed by atoms with Crippen LogP contribution in [0.15, 0.2) is 23.7 Å². The van der Waals surface area contributed by atoms with Gasteiger partial charge in [-0.25, -0.2) is 9.59 Å². The summed E-state index contributed by atoms with van der Waals surface area (Å²) in [4.78, 5) is 21.8. The third kappa shape index (κ3) is 46.5. The maximum Gasteiger partial charge on any atom is 0.333 e. The first-order chi connectivity index (χ1) is 23.4. The van der Waals surface area contributed by atoms with E-state index in [1.54, 1.807) is 0 Å². The maximum absolute atomic E-state index is 10.9. The zero-order chi connectivity index (χ0) is 35.8. The number of allylic oxidation sites excluding steroid dienone is 2. The van der Waals surface area contributed by atoms with Crippen LogP contribution in [0.5, 0.6) is 0 Å². The number of carbonyl (C=O) groups is 2. The van der Waals surface area contributed by atoms with Gasteiger partial charge >= 0.3 is 11.9 Å². The SMILES string of the molecule is CCCCCCCCCCCCCCCCCC(O)=CC(=O)OC.CCCCCCCCCCCCCCCCCC(O)=CC(=O)OC.[Cu]. The molecule has 0 fully saturated rings. The molecule has 0 spiro atoms. The number of carbonyl (C=O) groups excluding carboxylic acids is 2. The molecule has 0 aliphatic carbocycles. The molecule has 2 N–H and O–H groups in total. The molecule has 0 bridgehead atoms. The van der Waals surface area contributed by atoms with Crippen molar-refractivity contribution in [2.45, 2.75) is 219 Å². The molecule has 0 aromatic heterocycles. The summed E-state index contributed by atoms with van der Waals surface area (Å²) in [6, 6.07) is 0. The maximum atomic E-state index is 10.9. The smallest absolute Gasteiger partial charge is 0.333 e. The van der Waals surface area contributed by atoms with E-state index in [2.05, 4.69) is 23.3 Å². The van der Waals surface area contributed by atoms with Crippen molar-refractivity contribution in [2.24, 2.45) is 0 Å². The molecule has 0 aliphatic rings. The first kappa shape index (κ1) is 51.9. The molecule has 7 heteroatoms. The van der Waals surface area contributed by atoms with Crippen molar-refractivity contribution in [1.82, 2.24) is 0 Å². The van der Waals surface area contributed by atoms with E-state index in [4.69, 9.17) is 0 Å². The number of hydrogen-bond donors (Lipinski definition) is 2. The Balaban J connectivity index is -0.000000846. The van der Waals surface area contributed by atoms with Crippen LogP contribution in [0.1, 0.15) is 219 Å². The second-order valence-electron chi connectivity index (χ2n) is 13.7. The molecule has 1 radical (unpaired) electrons. The Morgan fingerprint density at radius 1 is 0.388 bits per heavy atom. The van der Waals surface area contributed by atoms with E-state index in [0.29, 0.717) is 12.8 Å². The Morgan fingerprint density at radius 3 is 0.755 bits per heavy atom. The molecule has 0 aliphatic heterocycles. The number of esters is 2. The van der Waals surface area contributed by atoms with Gasteiger partial charge in [0, 0.05) is 29.9 Å². The number of aliphatic hydroxyl groups is 2. The zero-order valence-corrected chi connectivity index (χ0v) is 33.6. The summed E-state index contributed by atoms with van der Waals surface area (Å²) < 4.78 is 8.95. The van der Waals surface area contributed by atoms with Gasteiger partial charge in [-0.1, -0.05) is 194 Å². The van der Waals surface area contributed by atoms with Gasteiger partial charge in [0.1, 0.15) is 0 Å². The predicted molar refractivity (Wildman–Crippen MR) is 205 cm³/mol. The second-order valence-corrected chi connectivity index (χ2v) is 13.7. The van der Waals surface area contributed by atoms with Gasteiger partial charge in [0.15, 0.2) is 0 Å². The minimum atomic E-state index is -0.478. The summed E-state index contributed by atoms with van der Waals surface area (Å²) >= 11 is 0. The Labute approximate surface area is 314 Å². The summed E-state index contributed by atoms with van der Waals surface area (Å²) in [6.45, 7) is 4.54. The molecule has 0 saturated heterocycles. The van der Waals surface area contributed by atoms with E-state index in [0.717, 1.165) is 25.7 Å². The Morgan fingerprint density at radius 2 is 0.571 bits per heavy atom. The fourth-order valence-electron chi connectivity index (χ4n) is 5.89. The number of rotatable bonds is 34. The van der Waals surface area contributed by atoms with E-state index in [1.807, 2.05) is 0 Å². The quantitative estimate of drug-likeness (QED) is 0.0224. The van der Waals surface area contributed by atoms with E-state index in [-0.39, 0.29) is 28.6 Å². The predicted octanol–water partition coefficient (Wildman–Crippen LogP) is 13.7. The molecule has 0 rings (SSSR count). The normalized spacial score (nSPS) is 11.4. The average Bonchev–Trinajstić information content (AvgIpc) is 3.08. The molecular weight excluding hydrogens is 664 g/mol. The summed E-state index contributed by atoms with van der Waals surface area (Å²) in [5.74, 6) is -0.685. The fourth-order valence-corrected chi connectivity index (χ4v) is 5.89. The zero-order valence-electron chi connectivity index (χ0n) is 32.6. The molecular formula is C42H80CuO6. The van der Waals surface area contributed by atoms with Crippen molar-refractivity contribution in [1.29, 1.82) is 0 Å². The van der Waals surface area contributed by atoms with Crippen molar-refractivity contribution in [3.8, 4) is 0 Å². The monoisotopic (exact) mass is 744 g/mol. The largest absolute Gasteiger partial charge is 0.512 e. The number of hydrogen-bond acceptors (Lipinski definition) is 6. The minimum Gasteiger partial charge on any atom is -0.512 e. The van der Waals surface area contributed by atoms with Gasteiger partial charge in [-0.15, -0.1) is 0 Å². The molecule has 0 heterocycles. The average molecular weight is 745 g/mol. The standard InChI is InChI=1S/2C21H40O3.Cu/c2*1-3-4-5-6-7-8-9-10-11-12-13-14-15-16-17-18-20(22)19-21(23)24-2;/h2*19,22H,3-18H2,1-2H3;. The molecule has 0 amide bonds. The molecule has 6 nitrogen and oxygen atoms in total. The third-order valence-electron chi connectivity index (χ3n) is 9.04. The molecule has 295 valence electrons. The Hall–Kier alpha value is -1.46. The van der Waals surface area contributed by atoms with Gasteiger partial charge in [0.25, 0.3) is 0 Å². The van der Waals surface area contributed by atoms with E-state index >= 15 is 0 Å². The molecule has 0 aromatic rings. The summed E-state index contributed by atoms with van der Waals surface area (Å²) in [5, 5.41) is 19.0. The van der Waals surface area contributed by atoms with Crippen molar-refractivity contribution in [3.05, 3.63) is 23.7 Å². The molecule has 0 aromatic carbocycles. The van der Waals surface area contributed by atoms with Gasteiger partial charge in [0.2, 0.25) is 0 Å². The molecule has 0 atom stereocenters. The van der Waals surface area contributed by atoms with Crippen LogP contribution >= 0.6 is 0 Å². The van der Waals surface area contributed by atoms with Crippen LogP contribution in [-0.2, 0) is 36.1 Å². The molecule has 49 heavy (non-hydrogen) atoms. The van der Waals surface area contributed by atoms with Crippen LogP contribution in [0.4, 0.5) is 0 Å². The topological polar surface area (TPSA) is 93.1 Å². The van der Waals surface area contributed by atoms with E-state index in [1.165, 1.54) is 193 Å². The van der Waals surface area contributed by atoms with Crippen molar-refractivity contribution >= 4 is 11.9 Å². The number of unbranched alkanes of at least 4 members (excludes halogenated alkanes) is 28. The van der Waals surface area contributed by atoms with Gasteiger partial charge < -0.3 is 19.7 Å². The van der Waals surface area contributed by atoms with Crippen LogP contribution in [0, 0.1) is 0 Å². The first-order valence-electron chi connectivity index (χ1n) is 20.4. The molecule has 0 saturated carbocycles. The van der Waals surface area contributed by atoms with Crippen molar-refractivity contribution in [2.75, 3.05) is 14.2 Å². The minimum absolute atomic E-state index is 0. The van der Waals surface area contributed by atoms with Crippen molar-refractivity contribution in [3.63, 3.8) is 0 Å². The van der Waals surface area contributed by atoms with Gasteiger partial charge in [-0.05, 0) is 12.8 Å². The van der Waals surface area contributed by atoms with Gasteiger partial charge in [-0.3, -0.25) is 0 Å². The molecule has 0 unspecified atom stereocenters. The second kappa shape index (κ2) is 44.6. The third-order valence-corrected chi connectivity index (χ3v) is 9.04. The first-order valence-corrected chi connectivity index (χ1v) is 20.4. The van der Waals surface area contributed by atoms with Crippen LogP contribution in [0.25, 0.3) is 0 Å². The number of aliphatic hydroxyl groups excluding tert-OH is 2. The summed E-state index contributed by atoms with van der Waals surface area (Å²) in [7, 11) is 2.64. The summed E-state index contributed by atoms with van der Waals surface area (Å²) in [6.07, 6.45) is 43.3. The Bertz CT molecular complexity index is 689. The van der Waals surface area contributed by atoms with Crippen molar-refractivity contribution < 1.29 is 46.3 Å². The van der Waals surface area contributed by atoms with Crippen LogP contribution in [0.2, 0.25) is 0 Å². The van der Waals surface area contributed by atoms with E-state index < -0.39 is 11.9 Å². The van der Waals surface area contributed by atoms with E-state index in [9.17, 15) is 19.8 Å². The van der Waals surface area contributed by atoms with Crippen LogP contribution in [-0.4, -0.2) is 36.4 Å².